The number of carbonyl (C=O) groups excluding carboxylic acids is 1. The molecule has 0 saturated carbocycles. The SMILES string of the molecule is CCN(Cc1noc(C)n1)C(=O)c1cc(C)nc2cc(F)ccc12. The van der Waals surface area contributed by atoms with E-state index in [1.54, 1.807) is 30.9 Å². The Balaban J connectivity index is 1.99. The highest BCUT2D eigenvalue weighted by molar-refractivity contribution is 6.06. The zero-order valence-electron chi connectivity index (χ0n) is 13.7. The average Bonchev–Trinajstić information content (AvgIpc) is 2.95. The second-order valence-electron chi connectivity index (χ2n) is 5.52. The molecule has 24 heavy (non-hydrogen) atoms. The molecule has 6 nitrogen and oxygen atoms in total. The van der Waals surface area contributed by atoms with Crippen molar-refractivity contribution in [2.45, 2.75) is 27.3 Å². The first kappa shape index (κ1) is 16.0. The third-order valence-corrected chi connectivity index (χ3v) is 3.70. The summed E-state index contributed by atoms with van der Waals surface area (Å²) in [7, 11) is 0. The number of rotatable bonds is 4. The van der Waals surface area contributed by atoms with E-state index in [1.807, 2.05) is 6.92 Å². The monoisotopic (exact) mass is 328 g/mol. The molecule has 1 amide bonds. The first-order chi connectivity index (χ1) is 11.5. The topological polar surface area (TPSA) is 72.1 Å². The van der Waals surface area contributed by atoms with Crippen LogP contribution in [0.5, 0.6) is 0 Å². The Hall–Kier alpha value is -2.83. The maximum atomic E-state index is 13.5. The normalized spacial score (nSPS) is 11.0. The van der Waals surface area contributed by atoms with Crippen LogP contribution in [0, 0.1) is 19.7 Å². The highest BCUT2D eigenvalue weighted by atomic mass is 19.1. The Kier molecular flexibility index (Phi) is 4.24. The van der Waals surface area contributed by atoms with Crippen molar-refractivity contribution < 1.29 is 13.7 Å². The molecule has 0 aliphatic carbocycles. The van der Waals surface area contributed by atoms with Crippen molar-refractivity contribution in [2.75, 3.05) is 6.54 Å². The summed E-state index contributed by atoms with van der Waals surface area (Å²) < 4.78 is 18.4. The fourth-order valence-electron chi connectivity index (χ4n) is 2.58. The number of fused-ring (bicyclic) bond motifs is 1. The van der Waals surface area contributed by atoms with E-state index in [0.29, 0.717) is 40.4 Å². The third kappa shape index (κ3) is 3.10. The van der Waals surface area contributed by atoms with E-state index >= 15 is 0 Å². The van der Waals surface area contributed by atoms with Gasteiger partial charge in [-0.05, 0) is 32.0 Å². The second kappa shape index (κ2) is 6.35. The van der Waals surface area contributed by atoms with Crippen molar-refractivity contribution in [1.29, 1.82) is 0 Å². The Labute approximate surface area is 138 Å². The minimum absolute atomic E-state index is 0.179. The predicted octanol–water partition coefficient (Wildman–Crippen LogP) is 3.04. The smallest absolute Gasteiger partial charge is 0.255 e. The molecular formula is C17H17FN4O2. The van der Waals surface area contributed by atoms with Crippen molar-refractivity contribution in [1.82, 2.24) is 20.0 Å². The van der Waals surface area contributed by atoms with Gasteiger partial charge >= 0.3 is 0 Å². The van der Waals surface area contributed by atoms with Gasteiger partial charge in [-0.15, -0.1) is 0 Å². The number of hydrogen-bond acceptors (Lipinski definition) is 5. The first-order valence-electron chi connectivity index (χ1n) is 7.63. The molecule has 0 radical (unpaired) electrons. The zero-order chi connectivity index (χ0) is 17.3. The Morgan fingerprint density at radius 1 is 1.25 bits per heavy atom. The summed E-state index contributed by atoms with van der Waals surface area (Å²) in [5.41, 5.74) is 1.60. The number of aromatic nitrogens is 3. The van der Waals surface area contributed by atoms with Gasteiger partial charge in [0.1, 0.15) is 5.82 Å². The minimum atomic E-state index is -0.381. The lowest BCUT2D eigenvalue weighted by Crippen LogP contribution is -2.31. The van der Waals surface area contributed by atoms with Gasteiger partial charge < -0.3 is 9.42 Å². The predicted molar refractivity (Wildman–Crippen MR) is 85.9 cm³/mol. The lowest BCUT2D eigenvalue weighted by molar-refractivity contribution is 0.0749. The van der Waals surface area contributed by atoms with Crippen LogP contribution in [0.25, 0.3) is 10.9 Å². The van der Waals surface area contributed by atoms with Crippen LogP contribution in [0.2, 0.25) is 0 Å². The van der Waals surface area contributed by atoms with Crippen LogP contribution >= 0.6 is 0 Å². The third-order valence-electron chi connectivity index (χ3n) is 3.70. The maximum Gasteiger partial charge on any atom is 0.255 e. The largest absolute Gasteiger partial charge is 0.340 e. The van der Waals surface area contributed by atoms with E-state index < -0.39 is 0 Å². The number of aryl methyl sites for hydroxylation is 2. The highest BCUT2D eigenvalue weighted by Crippen LogP contribution is 2.21. The zero-order valence-corrected chi connectivity index (χ0v) is 13.7. The minimum Gasteiger partial charge on any atom is -0.340 e. The lowest BCUT2D eigenvalue weighted by atomic mass is 10.1. The number of hydrogen-bond donors (Lipinski definition) is 0. The van der Waals surface area contributed by atoms with Crippen LogP contribution in [0.3, 0.4) is 0 Å². The molecule has 1 aromatic carbocycles. The fourth-order valence-corrected chi connectivity index (χ4v) is 2.58. The van der Waals surface area contributed by atoms with Gasteiger partial charge in [-0.25, -0.2) is 4.39 Å². The number of carbonyl (C=O) groups is 1. The van der Waals surface area contributed by atoms with Crippen molar-refractivity contribution in [3.63, 3.8) is 0 Å². The summed E-state index contributed by atoms with van der Waals surface area (Å²) in [5.74, 6) is 0.341. The quantitative estimate of drug-likeness (QED) is 0.736. The van der Waals surface area contributed by atoms with Crippen LogP contribution in [0.15, 0.2) is 28.8 Å². The Morgan fingerprint density at radius 3 is 2.71 bits per heavy atom. The standard InChI is InChI=1S/C17H17FN4O2/c1-4-22(9-16-20-11(3)24-21-16)17(23)14-7-10(2)19-15-8-12(18)5-6-13(14)15/h5-8H,4,9H2,1-3H3. The summed E-state index contributed by atoms with van der Waals surface area (Å²) >= 11 is 0. The van der Waals surface area contributed by atoms with Crippen LogP contribution in [-0.4, -0.2) is 32.5 Å². The molecule has 7 heteroatoms. The number of nitrogens with zero attached hydrogens (tertiary/aromatic N) is 4. The number of benzene rings is 1. The van der Waals surface area contributed by atoms with Crippen LogP contribution < -0.4 is 0 Å². The molecule has 3 rings (SSSR count). The van der Waals surface area contributed by atoms with Gasteiger partial charge in [0.2, 0.25) is 5.89 Å². The van der Waals surface area contributed by atoms with Crippen LogP contribution in [0.4, 0.5) is 4.39 Å². The van der Waals surface area contributed by atoms with Crippen molar-refractivity contribution >= 4 is 16.8 Å². The summed E-state index contributed by atoms with van der Waals surface area (Å²) in [5, 5.41) is 4.45. The van der Waals surface area contributed by atoms with Crippen molar-refractivity contribution in [2.24, 2.45) is 0 Å². The van der Waals surface area contributed by atoms with Gasteiger partial charge in [0.05, 0.1) is 17.6 Å². The molecule has 0 unspecified atom stereocenters. The van der Waals surface area contributed by atoms with Gasteiger partial charge in [0.25, 0.3) is 5.91 Å². The highest BCUT2D eigenvalue weighted by Gasteiger charge is 2.20. The molecule has 2 aromatic heterocycles. The van der Waals surface area contributed by atoms with Gasteiger partial charge in [0.15, 0.2) is 5.82 Å². The van der Waals surface area contributed by atoms with Gasteiger partial charge in [-0.3, -0.25) is 9.78 Å². The van der Waals surface area contributed by atoms with E-state index in [2.05, 4.69) is 15.1 Å². The van der Waals surface area contributed by atoms with E-state index in [9.17, 15) is 9.18 Å². The van der Waals surface area contributed by atoms with Crippen LogP contribution in [0.1, 0.15) is 34.7 Å². The summed E-state index contributed by atoms with van der Waals surface area (Å²) in [4.78, 5) is 23.0. The molecule has 0 spiro atoms. The average molecular weight is 328 g/mol. The summed E-state index contributed by atoms with van der Waals surface area (Å²) in [6.45, 7) is 6.08. The molecule has 2 heterocycles. The maximum absolute atomic E-state index is 13.5. The van der Waals surface area contributed by atoms with Crippen molar-refractivity contribution in [3.8, 4) is 0 Å². The molecule has 0 atom stereocenters. The molecule has 124 valence electrons. The molecular weight excluding hydrogens is 311 g/mol. The molecule has 0 bridgehead atoms. The van der Waals surface area contributed by atoms with Gasteiger partial charge in [-0.2, -0.15) is 4.98 Å². The Bertz CT molecular complexity index is 901. The molecule has 0 saturated heterocycles. The van der Waals surface area contributed by atoms with Crippen LogP contribution in [-0.2, 0) is 6.54 Å². The van der Waals surface area contributed by atoms with Gasteiger partial charge in [-0.1, -0.05) is 5.16 Å². The summed E-state index contributed by atoms with van der Waals surface area (Å²) in [6, 6.07) is 5.95. The van der Waals surface area contributed by atoms with Gasteiger partial charge in [0, 0.05) is 30.6 Å². The first-order valence-corrected chi connectivity index (χ1v) is 7.63. The molecule has 0 N–H and O–H groups in total. The number of pyridine rings is 1. The Morgan fingerprint density at radius 2 is 2.04 bits per heavy atom. The number of amides is 1. The number of halogens is 1. The lowest BCUT2D eigenvalue weighted by Gasteiger charge is -2.20. The second-order valence-corrected chi connectivity index (χ2v) is 5.52. The van der Waals surface area contributed by atoms with E-state index in [1.165, 1.54) is 12.1 Å². The molecule has 0 aliphatic heterocycles. The molecule has 0 fully saturated rings. The van der Waals surface area contributed by atoms with Crippen molar-refractivity contribution in [3.05, 3.63) is 53.1 Å². The van der Waals surface area contributed by atoms with E-state index in [4.69, 9.17) is 4.52 Å². The fraction of sp³-hybridized carbons (Fsp3) is 0.294. The molecule has 3 aromatic rings. The van der Waals surface area contributed by atoms with E-state index in [-0.39, 0.29) is 18.3 Å². The van der Waals surface area contributed by atoms with E-state index in [0.717, 1.165) is 0 Å². The molecule has 0 aliphatic rings. The summed E-state index contributed by atoms with van der Waals surface area (Å²) in [6.07, 6.45) is 0.